The van der Waals surface area contributed by atoms with Gasteiger partial charge in [0.2, 0.25) is 0 Å². The molecule has 0 heteroatoms. The summed E-state index contributed by atoms with van der Waals surface area (Å²) in [6.45, 7) is 33.2. The number of allylic oxidation sites excluding steroid dienone is 8. The van der Waals surface area contributed by atoms with Gasteiger partial charge in [-0.25, -0.2) is 0 Å². The molecule has 0 heterocycles. The molecular weight excluding hydrogens is 420 g/mol. The van der Waals surface area contributed by atoms with Crippen molar-refractivity contribution in [1.29, 1.82) is 0 Å². The Balaban J connectivity index is 0.000000656. The molecular formula is C35H60. The summed E-state index contributed by atoms with van der Waals surface area (Å²) in [7, 11) is 0. The van der Waals surface area contributed by atoms with Crippen molar-refractivity contribution in [3.05, 3.63) is 45.6 Å². The average molecular weight is 481 g/mol. The first-order valence-corrected chi connectivity index (χ1v) is 14.3. The van der Waals surface area contributed by atoms with Gasteiger partial charge in [0.15, 0.2) is 0 Å². The van der Waals surface area contributed by atoms with E-state index in [9.17, 15) is 0 Å². The molecule has 4 aliphatic carbocycles. The molecule has 0 radical (unpaired) electrons. The first-order chi connectivity index (χ1) is 15.6. The summed E-state index contributed by atoms with van der Waals surface area (Å²) in [5.74, 6) is 8.00. The van der Waals surface area contributed by atoms with Gasteiger partial charge in [0.05, 0.1) is 0 Å². The molecule has 4 aliphatic rings. The number of fused-ring (bicyclic) bond motifs is 3. The van der Waals surface area contributed by atoms with Gasteiger partial charge in [-0.3, -0.25) is 0 Å². The zero-order valence-corrected chi connectivity index (χ0v) is 25.1. The predicted molar refractivity (Wildman–Crippen MR) is 158 cm³/mol. The van der Waals surface area contributed by atoms with E-state index in [-0.39, 0.29) is 7.43 Å². The van der Waals surface area contributed by atoms with E-state index < -0.39 is 0 Å². The lowest BCUT2D eigenvalue weighted by atomic mass is 9.69. The molecule has 8 unspecified atom stereocenters. The fourth-order valence-corrected chi connectivity index (χ4v) is 8.12. The highest BCUT2D eigenvalue weighted by Gasteiger charge is 2.54. The van der Waals surface area contributed by atoms with Crippen LogP contribution in [0.3, 0.4) is 0 Å². The molecule has 0 saturated heterocycles. The molecule has 0 amide bonds. The molecule has 0 N–H and O–H groups in total. The summed E-state index contributed by atoms with van der Waals surface area (Å²) in [4.78, 5) is 0. The van der Waals surface area contributed by atoms with Crippen molar-refractivity contribution in [2.45, 2.75) is 111 Å². The Morgan fingerprint density at radius 1 is 0.571 bits per heavy atom. The van der Waals surface area contributed by atoms with E-state index in [1.165, 1.54) is 17.6 Å². The third-order valence-corrected chi connectivity index (χ3v) is 10.8. The van der Waals surface area contributed by atoms with Gasteiger partial charge in [-0.15, -0.1) is 0 Å². The minimum Gasteiger partial charge on any atom is -0.0776 e. The van der Waals surface area contributed by atoms with Crippen molar-refractivity contribution in [2.75, 3.05) is 0 Å². The van der Waals surface area contributed by atoms with Gasteiger partial charge in [-0.1, -0.05) is 97.3 Å². The van der Waals surface area contributed by atoms with Crippen molar-refractivity contribution in [3.63, 3.8) is 0 Å². The number of hydrogen-bond donors (Lipinski definition) is 0. The molecule has 0 bridgehead atoms. The van der Waals surface area contributed by atoms with Crippen LogP contribution in [0.25, 0.3) is 0 Å². The standard InChI is InChI=1S/C29H44.C5H12.CH4/c1-14-11-25-26-12-15(2)17(4)23(10)29(26)27(28(25)22(9)16(14)3)13-24-20(7)18(5)19(6)21(24)8;1-5(2,3)4;/h11-12,18-21,24-29H,13H2,1-10H3;1-4H3;1H4. The van der Waals surface area contributed by atoms with E-state index in [1.54, 1.807) is 22.3 Å². The summed E-state index contributed by atoms with van der Waals surface area (Å²) < 4.78 is 0. The lowest BCUT2D eigenvalue weighted by molar-refractivity contribution is 0.204. The van der Waals surface area contributed by atoms with E-state index in [1.807, 2.05) is 0 Å². The molecule has 8 atom stereocenters. The SMILES string of the molecule is C.CC(C)(C)C.CC1=CC2C3C=C(C)C(C)=C(C)C3C(CC3C(C)C(C)C(C)C3C)C2C(C)=C1C. The largest absolute Gasteiger partial charge is 0.0776 e. The van der Waals surface area contributed by atoms with E-state index in [0.29, 0.717) is 17.3 Å². The Kier molecular flexibility index (Phi) is 9.27. The van der Waals surface area contributed by atoms with Crippen molar-refractivity contribution < 1.29 is 0 Å². The van der Waals surface area contributed by atoms with E-state index in [4.69, 9.17) is 0 Å². The fraction of sp³-hybridized carbons (Fsp3) is 0.771. The Labute approximate surface area is 220 Å². The lowest BCUT2D eigenvalue weighted by Crippen LogP contribution is -2.28. The third-order valence-electron chi connectivity index (χ3n) is 10.8. The normalized spacial score (nSPS) is 40.9. The van der Waals surface area contributed by atoms with E-state index in [2.05, 4.69) is 109 Å². The van der Waals surface area contributed by atoms with Crippen LogP contribution in [0.2, 0.25) is 0 Å². The molecule has 0 aromatic rings. The van der Waals surface area contributed by atoms with Crippen LogP contribution in [-0.2, 0) is 0 Å². The van der Waals surface area contributed by atoms with E-state index in [0.717, 1.165) is 47.3 Å². The van der Waals surface area contributed by atoms with Gasteiger partial charge < -0.3 is 0 Å². The summed E-state index contributed by atoms with van der Waals surface area (Å²) in [6, 6.07) is 0. The predicted octanol–water partition coefficient (Wildman–Crippen LogP) is 10.9. The maximum absolute atomic E-state index is 2.66. The van der Waals surface area contributed by atoms with Crippen LogP contribution >= 0.6 is 0 Å². The first-order valence-electron chi connectivity index (χ1n) is 14.3. The zero-order valence-electron chi connectivity index (χ0n) is 25.1. The Hall–Kier alpha value is -1.04. The van der Waals surface area contributed by atoms with E-state index >= 15 is 0 Å². The van der Waals surface area contributed by atoms with Crippen molar-refractivity contribution in [3.8, 4) is 0 Å². The Morgan fingerprint density at radius 2 is 0.886 bits per heavy atom. The van der Waals surface area contributed by atoms with Crippen LogP contribution in [0.1, 0.15) is 111 Å². The van der Waals surface area contributed by atoms with Crippen molar-refractivity contribution in [2.24, 2.45) is 64.6 Å². The lowest BCUT2D eigenvalue weighted by Gasteiger charge is -2.36. The van der Waals surface area contributed by atoms with Crippen molar-refractivity contribution in [1.82, 2.24) is 0 Å². The molecule has 0 aliphatic heterocycles. The van der Waals surface area contributed by atoms with Crippen LogP contribution in [0, 0.1) is 64.6 Å². The second-order valence-corrected chi connectivity index (χ2v) is 14.5. The van der Waals surface area contributed by atoms with Gasteiger partial charge in [0.1, 0.15) is 0 Å². The summed E-state index contributed by atoms with van der Waals surface area (Å²) in [5, 5.41) is 0. The average Bonchev–Trinajstić information content (AvgIpc) is 3.12. The second-order valence-electron chi connectivity index (χ2n) is 14.5. The monoisotopic (exact) mass is 480 g/mol. The van der Waals surface area contributed by atoms with Gasteiger partial charge >= 0.3 is 0 Å². The third kappa shape index (κ3) is 5.62. The molecule has 200 valence electrons. The molecule has 0 spiro atoms. The van der Waals surface area contributed by atoms with Gasteiger partial charge in [0, 0.05) is 0 Å². The van der Waals surface area contributed by atoms with Crippen LogP contribution in [0.5, 0.6) is 0 Å². The maximum Gasteiger partial charge on any atom is -0.00900 e. The molecule has 0 nitrogen and oxygen atoms in total. The number of hydrogen-bond acceptors (Lipinski definition) is 0. The maximum atomic E-state index is 2.66. The van der Waals surface area contributed by atoms with Gasteiger partial charge in [-0.2, -0.15) is 0 Å². The van der Waals surface area contributed by atoms with Crippen LogP contribution in [0.15, 0.2) is 45.6 Å². The topological polar surface area (TPSA) is 0 Å². The summed E-state index contributed by atoms with van der Waals surface area (Å²) >= 11 is 0. The van der Waals surface area contributed by atoms with Gasteiger partial charge in [-0.05, 0) is 124 Å². The Bertz CT molecular complexity index is 825. The highest BCUT2D eigenvalue weighted by Crippen LogP contribution is 2.61. The van der Waals surface area contributed by atoms with Crippen LogP contribution < -0.4 is 0 Å². The molecule has 0 aromatic heterocycles. The number of rotatable bonds is 2. The van der Waals surface area contributed by atoms with Crippen LogP contribution in [-0.4, -0.2) is 0 Å². The summed E-state index contributed by atoms with van der Waals surface area (Å²) in [6.07, 6.45) is 6.75. The fourth-order valence-electron chi connectivity index (χ4n) is 8.12. The highest BCUT2D eigenvalue weighted by molar-refractivity contribution is 5.46. The second kappa shape index (κ2) is 10.8. The smallest absolute Gasteiger partial charge is 0.00900 e. The van der Waals surface area contributed by atoms with Gasteiger partial charge in [0.25, 0.3) is 0 Å². The molecule has 2 fully saturated rings. The first kappa shape index (κ1) is 30.2. The zero-order chi connectivity index (χ0) is 25.9. The Morgan fingerprint density at radius 3 is 1.20 bits per heavy atom. The molecule has 0 aromatic carbocycles. The quantitative estimate of drug-likeness (QED) is 0.368. The minimum absolute atomic E-state index is 0. The van der Waals surface area contributed by atoms with Crippen LogP contribution in [0.4, 0.5) is 0 Å². The molecule has 35 heavy (non-hydrogen) atoms. The summed E-state index contributed by atoms with van der Waals surface area (Å²) in [5.41, 5.74) is 10.1. The van der Waals surface area contributed by atoms with Crippen molar-refractivity contribution >= 4 is 0 Å². The highest BCUT2D eigenvalue weighted by atomic mass is 14.6. The molecule has 4 rings (SSSR count). The molecule has 2 saturated carbocycles. The minimum atomic E-state index is 0.